The average molecular weight is 657 g/mol. The van der Waals surface area contributed by atoms with E-state index in [4.69, 9.17) is 14.2 Å². The number of hydrogen-bond donors (Lipinski definition) is 4. The molecule has 4 heterocycles. The van der Waals surface area contributed by atoms with Crippen LogP contribution in [0.4, 0.5) is 5.82 Å². The van der Waals surface area contributed by atoms with Crippen molar-refractivity contribution in [2.24, 2.45) is 4.99 Å². The van der Waals surface area contributed by atoms with Crippen molar-refractivity contribution < 1.29 is 34.0 Å². The van der Waals surface area contributed by atoms with Gasteiger partial charge in [-0.1, -0.05) is 49.9 Å². The van der Waals surface area contributed by atoms with Gasteiger partial charge in [0.2, 0.25) is 0 Å². The summed E-state index contributed by atoms with van der Waals surface area (Å²) in [7, 11) is 0. The lowest BCUT2D eigenvalue weighted by Gasteiger charge is -2.29. The number of amidine groups is 1. The summed E-state index contributed by atoms with van der Waals surface area (Å²) < 4.78 is 19.4. The number of amides is 2. The molecule has 0 bridgehead atoms. The van der Waals surface area contributed by atoms with Crippen LogP contribution >= 0.6 is 0 Å². The topological polar surface area (TPSA) is 177 Å². The van der Waals surface area contributed by atoms with Gasteiger partial charge in [0.05, 0.1) is 18.8 Å². The Bertz CT molecular complexity index is 1760. The lowest BCUT2D eigenvalue weighted by atomic mass is 10.1. The maximum Gasteiger partial charge on any atom is 0.351 e. The summed E-state index contributed by atoms with van der Waals surface area (Å²) in [5.41, 5.74) is 0.187. The van der Waals surface area contributed by atoms with E-state index in [-0.39, 0.29) is 24.8 Å². The Kier molecular flexibility index (Phi) is 9.89. The van der Waals surface area contributed by atoms with Crippen molar-refractivity contribution in [2.45, 2.75) is 62.7 Å². The molecule has 6 rings (SSSR count). The molecule has 48 heavy (non-hydrogen) atoms. The standard InChI is InChI=1S/C34H36N6O8/c1-3-24-29(42)30(33(48-24)40-17-15-27(38-34(40)45)37-32(44)22-12-8-5-9-13-22)46-19-25-23(41)18-28(47-25)39-16-14-26(35-20(39)2)36-31(43)21-10-6-4-7-11-21/h4-17,23-25,28-30,33,41-42H,2-3,18-19H2,1H3,(H,35,36,43)(H,37,38,44,45)/t23?,24-,25-,28-,29?,30+,33-/m1/s1. The summed E-state index contributed by atoms with van der Waals surface area (Å²) in [6.45, 7) is 5.70. The Balaban J connectivity index is 1.07. The number of rotatable bonds is 9. The summed E-state index contributed by atoms with van der Waals surface area (Å²) in [6.07, 6.45) is -0.679. The molecular weight excluding hydrogens is 620 g/mol. The molecule has 3 aromatic rings. The third-order valence-corrected chi connectivity index (χ3v) is 8.28. The van der Waals surface area contributed by atoms with Crippen molar-refractivity contribution >= 4 is 23.5 Å². The smallest absolute Gasteiger partial charge is 0.351 e. The van der Waals surface area contributed by atoms with Crippen molar-refractivity contribution in [3.05, 3.63) is 119 Å². The number of nitrogens with zero attached hydrogens (tertiary/aromatic N) is 4. The molecule has 1 aromatic heterocycles. The Hall–Kier alpha value is -4.99. The van der Waals surface area contributed by atoms with E-state index in [1.54, 1.807) is 71.8 Å². The number of ether oxygens (including phenoxy) is 3. The van der Waals surface area contributed by atoms with Crippen molar-refractivity contribution in [2.75, 3.05) is 11.9 Å². The van der Waals surface area contributed by atoms with Gasteiger partial charge in [-0.15, -0.1) is 0 Å². The lowest BCUT2D eigenvalue weighted by Crippen LogP contribution is -2.40. The molecule has 2 aromatic carbocycles. The van der Waals surface area contributed by atoms with Crippen LogP contribution in [0.15, 0.2) is 107 Å². The number of aliphatic imine (C=N–C) groups is 1. The van der Waals surface area contributed by atoms with Crippen LogP contribution in [0, 0.1) is 0 Å². The molecule has 2 saturated heterocycles. The van der Waals surface area contributed by atoms with Crippen LogP contribution in [0.2, 0.25) is 0 Å². The summed E-state index contributed by atoms with van der Waals surface area (Å²) in [5, 5.41) is 27.2. The third kappa shape index (κ3) is 7.12. The molecule has 14 nitrogen and oxygen atoms in total. The molecule has 4 N–H and O–H groups in total. The fourth-order valence-corrected chi connectivity index (χ4v) is 5.74. The summed E-state index contributed by atoms with van der Waals surface area (Å²) in [5.74, 6) is -0.0493. The molecule has 0 radical (unpaired) electrons. The summed E-state index contributed by atoms with van der Waals surface area (Å²) in [6, 6.07) is 18.7. The van der Waals surface area contributed by atoms with E-state index >= 15 is 0 Å². The molecule has 3 aliphatic rings. The van der Waals surface area contributed by atoms with Crippen LogP contribution in [-0.2, 0) is 14.2 Å². The van der Waals surface area contributed by atoms with Crippen LogP contribution in [0.25, 0.3) is 0 Å². The molecular formula is C34H36N6O8. The van der Waals surface area contributed by atoms with Crippen LogP contribution in [0.5, 0.6) is 0 Å². The first-order valence-electron chi connectivity index (χ1n) is 15.6. The maximum absolute atomic E-state index is 13.1. The van der Waals surface area contributed by atoms with E-state index in [2.05, 4.69) is 27.2 Å². The number of aromatic nitrogens is 2. The van der Waals surface area contributed by atoms with Crippen LogP contribution in [0.3, 0.4) is 0 Å². The molecule has 0 aliphatic carbocycles. The number of anilines is 1. The number of benzene rings is 2. The van der Waals surface area contributed by atoms with E-state index in [1.165, 1.54) is 16.8 Å². The van der Waals surface area contributed by atoms with Crippen LogP contribution < -0.4 is 16.3 Å². The highest BCUT2D eigenvalue weighted by atomic mass is 16.6. The third-order valence-electron chi connectivity index (χ3n) is 8.28. The predicted molar refractivity (Wildman–Crippen MR) is 174 cm³/mol. The second-order valence-corrected chi connectivity index (χ2v) is 11.5. The van der Waals surface area contributed by atoms with Crippen molar-refractivity contribution in [1.29, 1.82) is 0 Å². The summed E-state index contributed by atoms with van der Waals surface area (Å²) >= 11 is 0. The van der Waals surface area contributed by atoms with Gasteiger partial charge in [0.15, 0.2) is 6.23 Å². The number of carbonyl (C=O) groups excluding carboxylic acids is 2. The average Bonchev–Trinajstić information content (AvgIpc) is 3.62. The van der Waals surface area contributed by atoms with Gasteiger partial charge in [0.25, 0.3) is 11.8 Å². The van der Waals surface area contributed by atoms with Gasteiger partial charge in [0.1, 0.15) is 42.0 Å². The molecule has 2 fully saturated rings. The van der Waals surface area contributed by atoms with Crippen LogP contribution in [0.1, 0.15) is 46.7 Å². The van der Waals surface area contributed by atoms with Crippen LogP contribution in [-0.4, -0.2) is 85.7 Å². The fourth-order valence-electron chi connectivity index (χ4n) is 5.74. The zero-order valence-electron chi connectivity index (χ0n) is 26.1. The number of hydrogen-bond acceptors (Lipinski definition) is 11. The van der Waals surface area contributed by atoms with Crippen molar-refractivity contribution in [3.8, 4) is 0 Å². The largest absolute Gasteiger partial charge is 0.390 e. The van der Waals surface area contributed by atoms with E-state index in [0.29, 0.717) is 29.2 Å². The second kappa shape index (κ2) is 14.4. The molecule has 2 unspecified atom stereocenters. The Labute approximate surface area is 276 Å². The molecule has 14 heteroatoms. The van der Waals surface area contributed by atoms with E-state index in [1.807, 2.05) is 13.0 Å². The number of nitrogens with one attached hydrogen (secondary N) is 2. The lowest BCUT2D eigenvalue weighted by molar-refractivity contribution is -0.120. The van der Waals surface area contributed by atoms with Gasteiger partial charge in [-0.2, -0.15) is 4.98 Å². The highest BCUT2D eigenvalue weighted by Gasteiger charge is 2.47. The number of carbonyl (C=O) groups is 2. The van der Waals surface area contributed by atoms with E-state index in [9.17, 15) is 24.6 Å². The van der Waals surface area contributed by atoms with Gasteiger partial charge >= 0.3 is 5.69 Å². The quantitative estimate of drug-likeness (QED) is 0.267. The monoisotopic (exact) mass is 656 g/mol. The van der Waals surface area contributed by atoms with Crippen molar-refractivity contribution in [1.82, 2.24) is 19.8 Å². The number of aliphatic hydroxyl groups excluding tert-OH is 2. The Morgan fingerprint density at radius 1 is 0.979 bits per heavy atom. The zero-order chi connectivity index (χ0) is 33.8. The molecule has 7 atom stereocenters. The normalized spacial score (nSPS) is 26.7. The van der Waals surface area contributed by atoms with E-state index < -0.39 is 54.6 Å². The molecule has 3 aliphatic heterocycles. The highest BCUT2D eigenvalue weighted by molar-refractivity contribution is 6.10. The molecule has 2 amide bonds. The van der Waals surface area contributed by atoms with Gasteiger partial charge < -0.3 is 40.0 Å². The van der Waals surface area contributed by atoms with Gasteiger partial charge in [-0.25, -0.2) is 9.79 Å². The van der Waals surface area contributed by atoms with E-state index in [0.717, 1.165) is 0 Å². The maximum atomic E-state index is 13.1. The second-order valence-electron chi connectivity index (χ2n) is 11.5. The first-order valence-corrected chi connectivity index (χ1v) is 15.6. The Morgan fingerprint density at radius 3 is 2.27 bits per heavy atom. The molecule has 250 valence electrons. The minimum atomic E-state index is -1.08. The van der Waals surface area contributed by atoms with Gasteiger partial charge in [-0.05, 0) is 42.8 Å². The SMILES string of the molecule is C=C1N=C(NC(=O)c2ccccc2)C=CN1[C@H]1CC(O)[C@@H](CO[C@H]2C(O)[C@@H](CC)O[C@H]2n2ccc(NC(=O)c3ccccc3)nc2=O)O1. The molecule has 0 saturated carbocycles. The minimum absolute atomic E-state index is 0.0602. The van der Waals surface area contributed by atoms with Gasteiger partial charge in [0, 0.05) is 29.9 Å². The first-order chi connectivity index (χ1) is 23.2. The Morgan fingerprint density at radius 2 is 1.65 bits per heavy atom. The van der Waals surface area contributed by atoms with Crippen molar-refractivity contribution in [3.63, 3.8) is 0 Å². The number of aliphatic hydroxyl groups is 2. The predicted octanol–water partition coefficient (Wildman–Crippen LogP) is 2.15. The molecule has 0 spiro atoms. The zero-order valence-corrected chi connectivity index (χ0v) is 26.1. The fraction of sp³-hybridized carbons (Fsp3) is 0.324. The first kappa shape index (κ1) is 32.9. The summed E-state index contributed by atoms with van der Waals surface area (Å²) in [4.78, 5) is 48.1. The minimum Gasteiger partial charge on any atom is -0.390 e. The van der Waals surface area contributed by atoms with Gasteiger partial charge in [-0.3, -0.25) is 14.2 Å². The highest BCUT2D eigenvalue weighted by Crippen LogP contribution is 2.34.